The summed E-state index contributed by atoms with van der Waals surface area (Å²) in [7, 11) is 0. The maximum atomic E-state index is 13.4. The smallest absolute Gasteiger partial charge is 0.416 e. The summed E-state index contributed by atoms with van der Waals surface area (Å²) in [6, 6.07) is 12.0. The molecule has 4 rings (SSSR count). The number of halogens is 3. The minimum Gasteiger partial charge on any atom is -0.478 e. The average molecular weight is 597 g/mol. The number of nitrogens with zero attached hydrogens (tertiary/aromatic N) is 2. The number of aliphatic hydroxyl groups is 1. The maximum Gasteiger partial charge on any atom is 0.416 e. The number of carbonyl (C=O) groups is 2. The van der Waals surface area contributed by atoms with E-state index in [1.54, 1.807) is 6.07 Å². The number of para-hydroxylation sites is 1. The Morgan fingerprint density at radius 1 is 1.00 bits per heavy atom. The average Bonchev–Trinajstić information content (AvgIpc) is 2.95. The number of fused-ring (bicyclic) bond motifs is 2. The van der Waals surface area contributed by atoms with Crippen molar-refractivity contribution in [3.8, 4) is 0 Å². The fourth-order valence-electron chi connectivity index (χ4n) is 4.89. The number of ether oxygens (including phenoxy) is 1. The number of piperidine rings is 1. The molecule has 1 fully saturated rings. The van der Waals surface area contributed by atoms with Gasteiger partial charge >= 0.3 is 18.1 Å². The number of rotatable bonds is 10. The largest absolute Gasteiger partial charge is 0.478 e. The second kappa shape index (κ2) is 14.7. The first kappa shape index (κ1) is 32.5. The van der Waals surface area contributed by atoms with Crippen molar-refractivity contribution in [3.63, 3.8) is 0 Å². The van der Waals surface area contributed by atoms with Gasteiger partial charge in [0.05, 0.1) is 35.8 Å². The van der Waals surface area contributed by atoms with Crippen molar-refractivity contribution < 1.29 is 42.8 Å². The number of aliphatic hydroxyl groups excluding tert-OH is 1. The molecule has 0 aromatic heterocycles. The lowest BCUT2D eigenvalue weighted by Gasteiger charge is -2.41. The molecule has 0 bridgehead atoms. The van der Waals surface area contributed by atoms with Crippen molar-refractivity contribution in [2.24, 2.45) is 0 Å². The van der Waals surface area contributed by atoms with Crippen LogP contribution in [0.5, 0.6) is 0 Å². The van der Waals surface area contributed by atoms with Crippen LogP contribution in [-0.4, -0.2) is 77.2 Å². The Morgan fingerprint density at radius 2 is 1.63 bits per heavy atom. The summed E-state index contributed by atoms with van der Waals surface area (Å²) in [6.07, 6.45) is 0.409. The van der Waals surface area contributed by atoms with Crippen LogP contribution < -0.4 is 4.90 Å². The van der Waals surface area contributed by atoms with Gasteiger partial charge in [-0.3, -0.25) is 0 Å². The third kappa shape index (κ3) is 9.22. The van der Waals surface area contributed by atoms with Gasteiger partial charge in [-0.25, -0.2) is 9.59 Å². The number of anilines is 2. The van der Waals surface area contributed by atoms with E-state index in [4.69, 9.17) is 20.1 Å². The van der Waals surface area contributed by atoms with Crippen molar-refractivity contribution >= 4 is 35.1 Å². The van der Waals surface area contributed by atoms with Crippen LogP contribution in [0.4, 0.5) is 24.5 Å². The number of hydrogen-bond acceptors (Lipinski definition) is 7. The number of benzene rings is 2. The van der Waals surface area contributed by atoms with Crippen molar-refractivity contribution in [1.29, 1.82) is 0 Å². The summed E-state index contributed by atoms with van der Waals surface area (Å²) in [5, 5.41) is 24.7. The Morgan fingerprint density at radius 3 is 2.22 bits per heavy atom. The number of hydrogen-bond donors (Lipinski definition) is 3. The first-order chi connectivity index (χ1) is 19.5. The van der Waals surface area contributed by atoms with Crippen molar-refractivity contribution in [2.75, 3.05) is 44.3 Å². The summed E-state index contributed by atoms with van der Waals surface area (Å²) in [5.74, 6) is -2.51. The molecule has 12 heteroatoms. The Bertz CT molecular complexity index is 1200. The van der Waals surface area contributed by atoms with Crippen LogP contribution in [0.25, 0.3) is 0 Å². The molecule has 0 amide bonds. The number of carboxylic acids is 2. The molecule has 41 heavy (non-hydrogen) atoms. The van der Waals surface area contributed by atoms with Gasteiger partial charge in [-0.1, -0.05) is 30.8 Å². The summed E-state index contributed by atoms with van der Waals surface area (Å²) >= 11 is 1.52. The van der Waals surface area contributed by atoms with Gasteiger partial charge in [0.1, 0.15) is 0 Å². The van der Waals surface area contributed by atoms with Gasteiger partial charge in [0.2, 0.25) is 0 Å². The zero-order valence-corrected chi connectivity index (χ0v) is 23.6. The molecule has 8 nitrogen and oxygen atoms in total. The van der Waals surface area contributed by atoms with Gasteiger partial charge in [0.15, 0.2) is 0 Å². The zero-order valence-electron chi connectivity index (χ0n) is 22.8. The van der Waals surface area contributed by atoms with Gasteiger partial charge in [-0.2, -0.15) is 13.2 Å². The maximum absolute atomic E-state index is 13.4. The third-order valence-corrected chi connectivity index (χ3v) is 8.22. The summed E-state index contributed by atoms with van der Waals surface area (Å²) < 4.78 is 46.1. The molecular formula is C29H35F3N2O6S. The molecule has 224 valence electrons. The number of likely N-dealkylation sites (tertiary alicyclic amines) is 1. The van der Waals surface area contributed by atoms with Crippen LogP contribution in [-0.2, 0) is 20.5 Å². The summed E-state index contributed by atoms with van der Waals surface area (Å²) in [6.45, 7) is 5.95. The van der Waals surface area contributed by atoms with E-state index in [-0.39, 0.29) is 12.2 Å². The van der Waals surface area contributed by atoms with E-state index in [1.165, 1.54) is 23.9 Å². The SMILES string of the molecule is CCC1(OCCO)CCN(CCCN2c3ccccc3Sc3ccc(C(F)(F)F)cc32)CC1.O=C(O)C=CC(=O)O. The van der Waals surface area contributed by atoms with Gasteiger partial charge < -0.3 is 29.9 Å². The molecule has 2 aromatic rings. The van der Waals surface area contributed by atoms with Gasteiger partial charge in [-0.05, 0) is 62.6 Å². The fraction of sp³-hybridized carbons (Fsp3) is 0.448. The van der Waals surface area contributed by atoms with Gasteiger partial charge in [-0.15, -0.1) is 0 Å². The molecule has 1 saturated heterocycles. The van der Waals surface area contributed by atoms with E-state index in [1.807, 2.05) is 29.2 Å². The molecule has 2 aliphatic heterocycles. The Kier molecular flexibility index (Phi) is 11.6. The van der Waals surface area contributed by atoms with Crippen LogP contribution in [0.15, 0.2) is 64.4 Å². The number of alkyl halides is 3. The predicted molar refractivity (Wildman–Crippen MR) is 150 cm³/mol. The molecule has 0 atom stereocenters. The first-order valence-electron chi connectivity index (χ1n) is 13.3. The molecule has 2 aliphatic rings. The predicted octanol–water partition coefficient (Wildman–Crippen LogP) is 5.66. The molecule has 2 aromatic carbocycles. The standard InChI is InChI=1S/C25H31F3N2O2S.C4H4O4/c1-2-24(32-17-16-31)10-14-29(15-11-24)12-5-13-30-20-6-3-4-7-22(20)33-23-9-8-19(18-21(23)30)25(26,27)28;5-3(6)1-2-4(7)8/h3-4,6-9,18,31H,2,5,10-17H2,1H3;1-2H,(H,5,6)(H,7,8). The molecule has 0 aliphatic carbocycles. The van der Waals surface area contributed by atoms with Crippen LogP contribution >= 0.6 is 11.8 Å². The van der Waals surface area contributed by atoms with Crippen LogP contribution in [0.1, 0.15) is 38.2 Å². The van der Waals surface area contributed by atoms with Crippen molar-refractivity contribution in [2.45, 2.75) is 54.2 Å². The highest BCUT2D eigenvalue weighted by atomic mass is 32.2. The minimum atomic E-state index is -4.36. The molecule has 0 unspecified atom stereocenters. The lowest BCUT2D eigenvalue weighted by molar-refractivity contribution is -0.137. The highest BCUT2D eigenvalue weighted by Gasteiger charge is 2.35. The van der Waals surface area contributed by atoms with E-state index in [0.717, 1.165) is 60.8 Å². The molecule has 3 N–H and O–H groups in total. The van der Waals surface area contributed by atoms with Gasteiger partial charge in [0.25, 0.3) is 0 Å². The van der Waals surface area contributed by atoms with Crippen LogP contribution in [0, 0.1) is 0 Å². The molecule has 0 saturated carbocycles. The van der Waals surface area contributed by atoms with Crippen LogP contribution in [0.2, 0.25) is 0 Å². The molecule has 2 heterocycles. The zero-order chi connectivity index (χ0) is 30.0. The Labute approximate surface area is 241 Å². The lowest BCUT2D eigenvalue weighted by atomic mass is 9.88. The molecule has 0 spiro atoms. The topological polar surface area (TPSA) is 111 Å². The monoisotopic (exact) mass is 596 g/mol. The lowest BCUT2D eigenvalue weighted by Crippen LogP contribution is -2.46. The molecule has 0 radical (unpaired) electrons. The van der Waals surface area contributed by atoms with Gasteiger partial charge in [0, 0.05) is 41.6 Å². The third-order valence-electron chi connectivity index (χ3n) is 7.09. The Balaban J connectivity index is 0.000000507. The summed E-state index contributed by atoms with van der Waals surface area (Å²) in [5.41, 5.74) is 0.848. The summed E-state index contributed by atoms with van der Waals surface area (Å²) in [4.78, 5) is 25.5. The molecular weight excluding hydrogens is 561 g/mol. The van der Waals surface area contributed by atoms with E-state index in [9.17, 15) is 22.8 Å². The van der Waals surface area contributed by atoms with E-state index >= 15 is 0 Å². The second-order valence-corrected chi connectivity index (χ2v) is 10.8. The quantitative estimate of drug-likeness (QED) is 0.299. The number of aliphatic carboxylic acids is 2. The fourth-order valence-corrected chi connectivity index (χ4v) is 5.96. The Hall–Kier alpha value is -3.06. The van der Waals surface area contributed by atoms with E-state index in [0.29, 0.717) is 31.0 Å². The van der Waals surface area contributed by atoms with E-state index < -0.39 is 23.7 Å². The highest BCUT2D eigenvalue weighted by Crippen LogP contribution is 2.49. The minimum absolute atomic E-state index is 0.0403. The van der Waals surface area contributed by atoms with Crippen LogP contribution in [0.3, 0.4) is 0 Å². The van der Waals surface area contributed by atoms with Crippen molar-refractivity contribution in [1.82, 2.24) is 4.90 Å². The highest BCUT2D eigenvalue weighted by molar-refractivity contribution is 7.99. The second-order valence-electron chi connectivity index (χ2n) is 9.72. The first-order valence-corrected chi connectivity index (χ1v) is 14.2. The van der Waals surface area contributed by atoms with Crippen molar-refractivity contribution in [3.05, 3.63) is 60.2 Å². The van der Waals surface area contributed by atoms with E-state index in [2.05, 4.69) is 11.8 Å². The number of carboxylic acid groups (broad SMARTS) is 2. The normalized spacial score (nSPS) is 16.5.